The molecule has 0 atom stereocenters. The van der Waals surface area contributed by atoms with Gasteiger partial charge in [-0.3, -0.25) is 4.72 Å². The van der Waals surface area contributed by atoms with E-state index in [-0.39, 0.29) is 12.4 Å². The Hall–Kier alpha value is -2.05. The number of sulfonamides is 1. The van der Waals surface area contributed by atoms with Gasteiger partial charge in [0.05, 0.1) is 12.4 Å². The lowest BCUT2D eigenvalue weighted by Gasteiger charge is -2.09. The summed E-state index contributed by atoms with van der Waals surface area (Å²) >= 11 is 0. The van der Waals surface area contributed by atoms with Crippen LogP contribution in [-0.2, 0) is 21.4 Å². The number of anilines is 1. The molecule has 0 aliphatic heterocycles. The number of rotatable bonds is 8. The predicted octanol–water partition coefficient (Wildman–Crippen LogP) is 2.65. The van der Waals surface area contributed by atoms with Crippen LogP contribution in [0.5, 0.6) is 5.75 Å². The van der Waals surface area contributed by atoms with E-state index in [0.717, 1.165) is 5.56 Å². The molecular weight excluding hydrogens is 302 g/mol. The number of ether oxygens (including phenoxy) is 2. The molecule has 1 N–H and O–H groups in total. The standard InChI is InChI=1S/C16H19NO4S/c1-20-11-12-22(18,19)17-15-7-9-16(10-8-15)21-13-14-5-3-2-4-6-14/h2-10,17H,11-13H2,1H3. The first-order chi connectivity index (χ1) is 10.6. The summed E-state index contributed by atoms with van der Waals surface area (Å²) in [6.45, 7) is 0.632. The molecular formula is C16H19NO4S. The summed E-state index contributed by atoms with van der Waals surface area (Å²) in [4.78, 5) is 0. The lowest BCUT2D eigenvalue weighted by Crippen LogP contribution is -2.19. The van der Waals surface area contributed by atoms with Crippen LogP contribution in [0.3, 0.4) is 0 Å². The topological polar surface area (TPSA) is 64.6 Å². The molecule has 0 saturated carbocycles. The SMILES string of the molecule is COCCS(=O)(=O)Nc1ccc(OCc2ccccc2)cc1. The van der Waals surface area contributed by atoms with Gasteiger partial charge in [0.1, 0.15) is 12.4 Å². The molecule has 0 unspecified atom stereocenters. The first-order valence-electron chi connectivity index (χ1n) is 6.85. The molecule has 2 rings (SSSR count). The zero-order chi connectivity index (χ0) is 15.8. The summed E-state index contributed by atoms with van der Waals surface area (Å²) in [5, 5.41) is 0. The van der Waals surface area contributed by atoms with E-state index in [9.17, 15) is 8.42 Å². The molecule has 0 aliphatic rings. The van der Waals surface area contributed by atoms with Gasteiger partial charge >= 0.3 is 0 Å². The summed E-state index contributed by atoms with van der Waals surface area (Å²) in [6, 6.07) is 16.6. The monoisotopic (exact) mass is 321 g/mol. The van der Waals surface area contributed by atoms with Crippen molar-refractivity contribution in [2.45, 2.75) is 6.61 Å². The van der Waals surface area contributed by atoms with Crippen LogP contribution in [0.2, 0.25) is 0 Å². The Morgan fingerprint density at radius 1 is 1.00 bits per heavy atom. The molecule has 5 nitrogen and oxygen atoms in total. The van der Waals surface area contributed by atoms with Crippen LogP contribution in [-0.4, -0.2) is 27.9 Å². The van der Waals surface area contributed by atoms with Crippen molar-refractivity contribution in [3.05, 3.63) is 60.2 Å². The Labute approximate surface area is 130 Å². The second kappa shape index (κ2) is 7.82. The molecule has 0 radical (unpaired) electrons. The van der Waals surface area contributed by atoms with Gasteiger partial charge < -0.3 is 9.47 Å². The van der Waals surface area contributed by atoms with E-state index in [1.807, 2.05) is 30.3 Å². The Kier molecular flexibility index (Phi) is 5.80. The molecule has 0 aliphatic carbocycles. The molecule has 0 fully saturated rings. The molecule has 0 amide bonds. The van der Waals surface area contributed by atoms with Crippen LogP contribution in [0.4, 0.5) is 5.69 Å². The number of benzene rings is 2. The second-order valence-corrected chi connectivity index (χ2v) is 6.55. The van der Waals surface area contributed by atoms with E-state index in [2.05, 4.69) is 4.72 Å². The van der Waals surface area contributed by atoms with Crippen LogP contribution in [0.1, 0.15) is 5.56 Å². The first-order valence-corrected chi connectivity index (χ1v) is 8.50. The van der Waals surface area contributed by atoms with E-state index in [4.69, 9.17) is 9.47 Å². The minimum absolute atomic E-state index is 0.0737. The lowest BCUT2D eigenvalue weighted by atomic mass is 10.2. The fraction of sp³-hybridized carbons (Fsp3) is 0.250. The zero-order valence-electron chi connectivity index (χ0n) is 12.4. The van der Waals surface area contributed by atoms with Crippen molar-refractivity contribution in [3.63, 3.8) is 0 Å². The third-order valence-corrected chi connectivity index (χ3v) is 4.18. The largest absolute Gasteiger partial charge is 0.489 e. The van der Waals surface area contributed by atoms with E-state index < -0.39 is 10.0 Å². The molecule has 0 spiro atoms. The third kappa shape index (κ3) is 5.38. The molecule has 2 aromatic carbocycles. The summed E-state index contributed by atoms with van der Waals surface area (Å²) in [5.41, 5.74) is 1.58. The first kappa shape index (κ1) is 16.3. The maximum Gasteiger partial charge on any atom is 0.234 e. The van der Waals surface area contributed by atoms with Crippen LogP contribution < -0.4 is 9.46 Å². The van der Waals surface area contributed by atoms with Gasteiger partial charge in [-0.2, -0.15) is 0 Å². The van der Waals surface area contributed by atoms with E-state index in [1.165, 1.54) is 7.11 Å². The summed E-state index contributed by atoms with van der Waals surface area (Å²) in [7, 11) is -1.91. The summed E-state index contributed by atoms with van der Waals surface area (Å²) < 4.78 is 36.4. The van der Waals surface area contributed by atoms with Gasteiger partial charge in [0.15, 0.2) is 0 Å². The van der Waals surface area contributed by atoms with Gasteiger partial charge in [0.2, 0.25) is 10.0 Å². The van der Waals surface area contributed by atoms with Crippen molar-refractivity contribution in [2.24, 2.45) is 0 Å². The van der Waals surface area contributed by atoms with Gasteiger partial charge in [-0.05, 0) is 29.8 Å². The van der Waals surface area contributed by atoms with Crippen molar-refractivity contribution in [1.82, 2.24) is 0 Å². The average molecular weight is 321 g/mol. The number of hydrogen-bond acceptors (Lipinski definition) is 4. The minimum Gasteiger partial charge on any atom is -0.489 e. The molecule has 0 bridgehead atoms. The van der Waals surface area contributed by atoms with Gasteiger partial charge in [0, 0.05) is 12.8 Å². The zero-order valence-corrected chi connectivity index (χ0v) is 13.2. The summed E-state index contributed by atoms with van der Waals surface area (Å²) in [6.07, 6.45) is 0. The highest BCUT2D eigenvalue weighted by atomic mass is 32.2. The van der Waals surface area contributed by atoms with E-state index in [1.54, 1.807) is 24.3 Å². The fourth-order valence-electron chi connectivity index (χ4n) is 1.78. The van der Waals surface area contributed by atoms with Crippen LogP contribution in [0.25, 0.3) is 0 Å². The second-order valence-electron chi connectivity index (χ2n) is 4.71. The Morgan fingerprint density at radius 2 is 1.68 bits per heavy atom. The molecule has 0 heterocycles. The highest BCUT2D eigenvalue weighted by Crippen LogP contribution is 2.18. The summed E-state index contributed by atoms with van der Waals surface area (Å²) in [5.74, 6) is 0.610. The highest BCUT2D eigenvalue weighted by molar-refractivity contribution is 7.92. The van der Waals surface area contributed by atoms with Crippen LogP contribution in [0, 0.1) is 0 Å². The minimum atomic E-state index is -3.38. The van der Waals surface area contributed by atoms with E-state index >= 15 is 0 Å². The molecule has 0 aromatic heterocycles. The number of nitrogens with one attached hydrogen (secondary N) is 1. The number of methoxy groups -OCH3 is 1. The number of hydrogen-bond donors (Lipinski definition) is 1. The van der Waals surface area contributed by atoms with Crippen molar-refractivity contribution >= 4 is 15.7 Å². The van der Waals surface area contributed by atoms with Crippen LogP contribution in [0.15, 0.2) is 54.6 Å². The van der Waals surface area contributed by atoms with Crippen molar-refractivity contribution in [3.8, 4) is 5.75 Å². The van der Waals surface area contributed by atoms with Gasteiger partial charge in [-0.15, -0.1) is 0 Å². The van der Waals surface area contributed by atoms with Crippen molar-refractivity contribution < 1.29 is 17.9 Å². The molecule has 2 aromatic rings. The van der Waals surface area contributed by atoms with Gasteiger partial charge in [0.25, 0.3) is 0 Å². The molecule has 118 valence electrons. The molecule has 6 heteroatoms. The lowest BCUT2D eigenvalue weighted by molar-refractivity contribution is 0.217. The van der Waals surface area contributed by atoms with Crippen molar-refractivity contribution in [1.29, 1.82) is 0 Å². The smallest absolute Gasteiger partial charge is 0.234 e. The Balaban J connectivity index is 1.90. The normalized spacial score (nSPS) is 11.1. The fourth-order valence-corrected chi connectivity index (χ4v) is 2.77. The third-order valence-electron chi connectivity index (χ3n) is 2.93. The van der Waals surface area contributed by atoms with Crippen LogP contribution >= 0.6 is 0 Å². The van der Waals surface area contributed by atoms with Gasteiger partial charge in [-0.1, -0.05) is 30.3 Å². The Morgan fingerprint density at radius 3 is 2.32 bits per heavy atom. The molecule has 22 heavy (non-hydrogen) atoms. The van der Waals surface area contributed by atoms with Crippen molar-refractivity contribution in [2.75, 3.05) is 24.2 Å². The predicted molar refractivity (Wildman–Crippen MR) is 86.5 cm³/mol. The molecule has 0 saturated heterocycles. The average Bonchev–Trinajstić information content (AvgIpc) is 2.53. The maximum atomic E-state index is 11.7. The van der Waals surface area contributed by atoms with Gasteiger partial charge in [-0.25, -0.2) is 8.42 Å². The highest BCUT2D eigenvalue weighted by Gasteiger charge is 2.09. The Bertz CT molecular complexity index is 669. The maximum absolute atomic E-state index is 11.7. The quantitative estimate of drug-likeness (QED) is 0.812. The van der Waals surface area contributed by atoms with E-state index in [0.29, 0.717) is 18.0 Å².